The normalized spacial score (nSPS) is 15.4. The molecule has 8 nitrogen and oxygen atoms in total. The number of hydrogen-bond donors (Lipinski definition) is 1. The number of carbonyl (C=O) groups is 1. The number of nitrogens with zero attached hydrogens (tertiary/aromatic N) is 3. The predicted octanol–water partition coefficient (Wildman–Crippen LogP) is 2.71. The number of aryl methyl sites for hydroxylation is 1. The SMILES string of the molecule is Cc1nc(OCCNC(=O)/C=C/c2ccc3c(c2)OCO3)cc(N2CCCCC2)n1. The summed E-state index contributed by atoms with van der Waals surface area (Å²) in [6.45, 7) is 4.84. The first kappa shape index (κ1) is 20.0. The third-order valence-corrected chi connectivity index (χ3v) is 4.96. The summed E-state index contributed by atoms with van der Waals surface area (Å²) in [5.74, 6) is 3.35. The molecule has 1 aromatic heterocycles. The Kier molecular flexibility index (Phi) is 6.32. The second-order valence-electron chi connectivity index (χ2n) is 7.24. The van der Waals surface area contributed by atoms with Gasteiger partial charge in [0.25, 0.3) is 0 Å². The van der Waals surface area contributed by atoms with Crippen molar-refractivity contribution in [1.29, 1.82) is 0 Å². The molecule has 1 amide bonds. The molecule has 30 heavy (non-hydrogen) atoms. The van der Waals surface area contributed by atoms with Gasteiger partial charge in [-0.1, -0.05) is 6.07 Å². The van der Waals surface area contributed by atoms with Crippen LogP contribution in [0.3, 0.4) is 0 Å². The van der Waals surface area contributed by atoms with Crippen molar-refractivity contribution in [3.05, 3.63) is 41.7 Å². The van der Waals surface area contributed by atoms with Gasteiger partial charge < -0.3 is 24.4 Å². The van der Waals surface area contributed by atoms with Crippen LogP contribution in [-0.2, 0) is 4.79 Å². The fourth-order valence-electron chi connectivity index (χ4n) is 3.46. The molecule has 0 radical (unpaired) electrons. The zero-order chi connectivity index (χ0) is 20.8. The second kappa shape index (κ2) is 9.47. The zero-order valence-electron chi connectivity index (χ0n) is 17.1. The van der Waals surface area contributed by atoms with E-state index in [0.717, 1.165) is 30.2 Å². The third kappa shape index (κ3) is 5.20. The third-order valence-electron chi connectivity index (χ3n) is 4.96. The topological polar surface area (TPSA) is 85.8 Å². The standard InChI is InChI=1S/C22H26N4O4/c1-16-24-20(26-10-3-2-4-11-26)14-22(25-16)28-12-9-23-21(27)8-6-17-5-7-18-19(13-17)30-15-29-18/h5-8,13-14H,2-4,9-12,15H2,1H3,(H,23,27)/b8-6+. The van der Waals surface area contributed by atoms with E-state index in [9.17, 15) is 4.79 Å². The number of ether oxygens (including phenoxy) is 3. The van der Waals surface area contributed by atoms with E-state index in [1.54, 1.807) is 6.08 Å². The van der Waals surface area contributed by atoms with Gasteiger partial charge in [-0.3, -0.25) is 4.79 Å². The lowest BCUT2D eigenvalue weighted by Crippen LogP contribution is -2.30. The molecule has 1 saturated heterocycles. The maximum atomic E-state index is 12.0. The van der Waals surface area contributed by atoms with E-state index < -0.39 is 0 Å². The van der Waals surface area contributed by atoms with Gasteiger partial charge in [-0.15, -0.1) is 0 Å². The average molecular weight is 410 g/mol. The Bertz CT molecular complexity index is 925. The van der Waals surface area contributed by atoms with Gasteiger partial charge in [-0.25, -0.2) is 4.98 Å². The Morgan fingerprint density at radius 1 is 1.17 bits per heavy atom. The summed E-state index contributed by atoms with van der Waals surface area (Å²) in [5.41, 5.74) is 0.868. The van der Waals surface area contributed by atoms with Gasteiger partial charge in [0.1, 0.15) is 18.2 Å². The second-order valence-corrected chi connectivity index (χ2v) is 7.24. The van der Waals surface area contributed by atoms with Crippen molar-refractivity contribution in [3.63, 3.8) is 0 Å². The van der Waals surface area contributed by atoms with Crippen LogP contribution in [0, 0.1) is 6.92 Å². The molecule has 0 aliphatic carbocycles. The van der Waals surface area contributed by atoms with Gasteiger partial charge in [0, 0.05) is 25.2 Å². The molecule has 1 fully saturated rings. The molecule has 2 aliphatic heterocycles. The summed E-state index contributed by atoms with van der Waals surface area (Å²) in [6.07, 6.45) is 6.86. The van der Waals surface area contributed by atoms with E-state index in [2.05, 4.69) is 20.2 Å². The Morgan fingerprint density at radius 3 is 2.87 bits per heavy atom. The van der Waals surface area contributed by atoms with Crippen molar-refractivity contribution in [2.24, 2.45) is 0 Å². The molecular formula is C22H26N4O4. The molecule has 1 N–H and O–H groups in total. The molecule has 4 rings (SSSR count). The first-order chi connectivity index (χ1) is 14.7. The Hall–Kier alpha value is -3.29. The summed E-state index contributed by atoms with van der Waals surface area (Å²) in [4.78, 5) is 23.2. The smallest absolute Gasteiger partial charge is 0.244 e. The summed E-state index contributed by atoms with van der Waals surface area (Å²) >= 11 is 0. The number of nitrogens with one attached hydrogen (secondary N) is 1. The minimum Gasteiger partial charge on any atom is -0.476 e. The first-order valence-electron chi connectivity index (χ1n) is 10.3. The number of carbonyl (C=O) groups excluding carboxylic acids is 1. The lowest BCUT2D eigenvalue weighted by Gasteiger charge is -2.28. The average Bonchev–Trinajstić information content (AvgIpc) is 3.23. The maximum Gasteiger partial charge on any atom is 0.244 e. The van der Waals surface area contributed by atoms with Crippen molar-refractivity contribution in [2.75, 3.05) is 37.9 Å². The molecule has 0 bridgehead atoms. The van der Waals surface area contributed by atoms with Gasteiger partial charge in [-0.05, 0) is 50.0 Å². The summed E-state index contributed by atoms with van der Waals surface area (Å²) in [6, 6.07) is 7.42. The van der Waals surface area contributed by atoms with E-state index in [-0.39, 0.29) is 12.7 Å². The quantitative estimate of drug-likeness (QED) is 0.555. The van der Waals surface area contributed by atoms with Crippen LogP contribution < -0.4 is 24.4 Å². The van der Waals surface area contributed by atoms with Gasteiger partial charge in [0.2, 0.25) is 18.6 Å². The number of aromatic nitrogens is 2. The molecule has 0 saturated carbocycles. The van der Waals surface area contributed by atoms with Crippen molar-refractivity contribution >= 4 is 17.8 Å². The van der Waals surface area contributed by atoms with Crippen molar-refractivity contribution in [2.45, 2.75) is 26.2 Å². The first-order valence-corrected chi connectivity index (χ1v) is 10.3. The fraction of sp³-hybridized carbons (Fsp3) is 0.409. The van der Waals surface area contributed by atoms with Crippen LogP contribution in [0.2, 0.25) is 0 Å². The Balaban J connectivity index is 1.23. The largest absolute Gasteiger partial charge is 0.476 e. The summed E-state index contributed by atoms with van der Waals surface area (Å²) in [5, 5.41) is 2.81. The van der Waals surface area contributed by atoms with Gasteiger partial charge >= 0.3 is 0 Å². The molecule has 0 unspecified atom stereocenters. The lowest BCUT2D eigenvalue weighted by molar-refractivity contribution is -0.116. The Morgan fingerprint density at radius 2 is 2.00 bits per heavy atom. The van der Waals surface area contributed by atoms with Crippen LogP contribution in [0.1, 0.15) is 30.7 Å². The molecule has 1 aromatic carbocycles. The van der Waals surface area contributed by atoms with Gasteiger partial charge in [0.05, 0.1) is 6.54 Å². The number of rotatable bonds is 7. The van der Waals surface area contributed by atoms with E-state index in [1.165, 1.54) is 25.3 Å². The summed E-state index contributed by atoms with van der Waals surface area (Å²) < 4.78 is 16.3. The van der Waals surface area contributed by atoms with E-state index in [0.29, 0.717) is 30.6 Å². The maximum absolute atomic E-state index is 12.0. The number of piperidine rings is 1. The fourth-order valence-corrected chi connectivity index (χ4v) is 3.46. The number of hydrogen-bond acceptors (Lipinski definition) is 7. The van der Waals surface area contributed by atoms with Gasteiger partial charge in [0.15, 0.2) is 11.5 Å². The van der Waals surface area contributed by atoms with Crippen LogP contribution in [0.4, 0.5) is 5.82 Å². The highest BCUT2D eigenvalue weighted by Gasteiger charge is 2.14. The van der Waals surface area contributed by atoms with E-state index >= 15 is 0 Å². The van der Waals surface area contributed by atoms with Crippen LogP contribution in [0.25, 0.3) is 6.08 Å². The number of anilines is 1. The molecule has 0 spiro atoms. The summed E-state index contributed by atoms with van der Waals surface area (Å²) in [7, 11) is 0. The highest BCUT2D eigenvalue weighted by Crippen LogP contribution is 2.32. The van der Waals surface area contributed by atoms with Crippen LogP contribution in [-0.4, -0.2) is 48.9 Å². The highest BCUT2D eigenvalue weighted by atomic mass is 16.7. The predicted molar refractivity (Wildman–Crippen MR) is 113 cm³/mol. The van der Waals surface area contributed by atoms with Crippen LogP contribution in [0.15, 0.2) is 30.3 Å². The molecule has 2 aliphatic rings. The van der Waals surface area contributed by atoms with Crippen molar-refractivity contribution < 1.29 is 19.0 Å². The highest BCUT2D eigenvalue weighted by molar-refractivity contribution is 5.91. The Labute approximate surface area is 175 Å². The monoisotopic (exact) mass is 410 g/mol. The zero-order valence-corrected chi connectivity index (χ0v) is 17.1. The molecular weight excluding hydrogens is 384 g/mol. The molecule has 158 valence electrons. The molecule has 2 aromatic rings. The number of fused-ring (bicyclic) bond motifs is 1. The van der Waals surface area contributed by atoms with E-state index in [1.807, 2.05) is 31.2 Å². The van der Waals surface area contributed by atoms with Crippen LogP contribution in [0.5, 0.6) is 17.4 Å². The minimum absolute atomic E-state index is 0.191. The number of benzene rings is 1. The molecule has 3 heterocycles. The number of amides is 1. The van der Waals surface area contributed by atoms with Crippen molar-refractivity contribution in [3.8, 4) is 17.4 Å². The van der Waals surface area contributed by atoms with E-state index in [4.69, 9.17) is 14.2 Å². The van der Waals surface area contributed by atoms with Crippen molar-refractivity contribution in [1.82, 2.24) is 15.3 Å². The van der Waals surface area contributed by atoms with Crippen LogP contribution >= 0.6 is 0 Å². The molecule has 8 heteroatoms. The van der Waals surface area contributed by atoms with Gasteiger partial charge in [-0.2, -0.15) is 4.98 Å². The lowest BCUT2D eigenvalue weighted by atomic mass is 10.1. The minimum atomic E-state index is -0.191. The molecule has 0 atom stereocenters.